The van der Waals surface area contributed by atoms with Crippen molar-refractivity contribution < 1.29 is 14.3 Å². The van der Waals surface area contributed by atoms with Crippen LogP contribution < -0.4 is 0 Å². The second-order valence-corrected chi connectivity index (χ2v) is 5.11. The van der Waals surface area contributed by atoms with Gasteiger partial charge in [0, 0.05) is 5.25 Å². The zero-order valence-electron chi connectivity index (χ0n) is 8.44. The van der Waals surface area contributed by atoms with Gasteiger partial charge in [-0.2, -0.15) is 0 Å². The highest BCUT2D eigenvalue weighted by atomic mass is 32.2. The largest absolute Gasteiger partial charge is 0.475 e. The lowest BCUT2D eigenvalue weighted by Crippen LogP contribution is -2.07. The Bertz CT molecular complexity index is 339. The summed E-state index contributed by atoms with van der Waals surface area (Å²) < 4.78 is 5.21. The summed E-state index contributed by atoms with van der Waals surface area (Å²) in [5.41, 5.74) is 0. The Kier molecular flexibility index (Phi) is 3.36. The minimum absolute atomic E-state index is 0.0355. The van der Waals surface area contributed by atoms with Gasteiger partial charge in [-0.3, -0.25) is 0 Å². The lowest BCUT2D eigenvalue weighted by molar-refractivity contribution is 0.0656. The van der Waals surface area contributed by atoms with E-state index >= 15 is 0 Å². The third-order valence-corrected chi connectivity index (χ3v) is 3.88. The van der Waals surface area contributed by atoms with Gasteiger partial charge in [-0.15, -0.1) is 0 Å². The van der Waals surface area contributed by atoms with Crippen LogP contribution in [0.3, 0.4) is 0 Å². The summed E-state index contributed by atoms with van der Waals surface area (Å²) in [6.45, 7) is 0. The molecule has 1 heterocycles. The second kappa shape index (κ2) is 4.75. The van der Waals surface area contributed by atoms with Crippen LogP contribution in [0.15, 0.2) is 21.6 Å². The summed E-state index contributed by atoms with van der Waals surface area (Å²) in [5.74, 6) is -0.959. The van der Waals surface area contributed by atoms with Crippen LogP contribution in [-0.2, 0) is 0 Å². The van der Waals surface area contributed by atoms with Gasteiger partial charge < -0.3 is 9.52 Å². The third kappa shape index (κ3) is 2.78. The molecule has 0 saturated heterocycles. The number of hydrogen-bond donors (Lipinski definition) is 1. The number of rotatable bonds is 3. The number of thioether (sulfide) groups is 1. The van der Waals surface area contributed by atoms with Gasteiger partial charge in [0.05, 0.1) is 0 Å². The molecule has 2 rings (SSSR count). The van der Waals surface area contributed by atoms with E-state index < -0.39 is 5.97 Å². The molecule has 0 atom stereocenters. The maximum Gasteiger partial charge on any atom is 0.371 e. The molecule has 82 valence electrons. The van der Waals surface area contributed by atoms with E-state index in [1.807, 2.05) is 0 Å². The summed E-state index contributed by atoms with van der Waals surface area (Å²) in [7, 11) is 0. The zero-order valence-corrected chi connectivity index (χ0v) is 9.26. The highest BCUT2D eigenvalue weighted by molar-refractivity contribution is 7.99. The Labute approximate surface area is 92.9 Å². The molecule has 1 aromatic rings. The molecule has 0 radical (unpaired) electrons. The minimum atomic E-state index is -0.995. The van der Waals surface area contributed by atoms with Crippen LogP contribution in [0.5, 0.6) is 0 Å². The highest BCUT2D eigenvalue weighted by Crippen LogP contribution is 2.34. The second-order valence-electron chi connectivity index (χ2n) is 3.80. The summed E-state index contributed by atoms with van der Waals surface area (Å²) in [4.78, 5) is 10.6. The Morgan fingerprint density at radius 2 is 2.07 bits per heavy atom. The average Bonchev–Trinajstić information content (AvgIpc) is 2.68. The zero-order chi connectivity index (χ0) is 10.7. The van der Waals surface area contributed by atoms with E-state index in [0.717, 1.165) is 5.09 Å². The monoisotopic (exact) mass is 226 g/mol. The molecular weight excluding hydrogens is 212 g/mol. The fourth-order valence-corrected chi connectivity index (χ4v) is 3.03. The molecule has 0 aliphatic heterocycles. The van der Waals surface area contributed by atoms with Gasteiger partial charge >= 0.3 is 5.97 Å². The van der Waals surface area contributed by atoms with Crippen LogP contribution in [0.25, 0.3) is 0 Å². The van der Waals surface area contributed by atoms with E-state index in [1.54, 1.807) is 17.8 Å². The predicted molar refractivity (Wildman–Crippen MR) is 58.4 cm³/mol. The minimum Gasteiger partial charge on any atom is -0.475 e. The lowest BCUT2D eigenvalue weighted by Gasteiger charge is -2.19. The fourth-order valence-electron chi connectivity index (χ4n) is 1.85. The van der Waals surface area contributed by atoms with Crippen molar-refractivity contribution >= 4 is 17.7 Å². The van der Waals surface area contributed by atoms with Crippen LogP contribution in [0.1, 0.15) is 42.7 Å². The Balaban J connectivity index is 1.94. The molecule has 1 aliphatic carbocycles. The first-order chi connectivity index (χ1) is 7.25. The van der Waals surface area contributed by atoms with Crippen LogP contribution in [0.2, 0.25) is 0 Å². The SMILES string of the molecule is O=C(O)c1ccc(SC2CCCCC2)o1. The van der Waals surface area contributed by atoms with Gasteiger partial charge in [-0.05, 0) is 25.0 Å². The molecule has 0 aromatic carbocycles. The van der Waals surface area contributed by atoms with E-state index in [0.29, 0.717) is 5.25 Å². The van der Waals surface area contributed by atoms with Crippen molar-refractivity contribution in [2.24, 2.45) is 0 Å². The van der Waals surface area contributed by atoms with Crippen molar-refractivity contribution in [1.29, 1.82) is 0 Å². The molecular formula is C11H14O3S. The van der Waals surface area contributed by atoms with Crippen molar-refractivity contribution in [3.63, 3.8) is 0 Å². The molecule has 0 bridgehead atoms. The van der Waals surface area contributed by atoms with Gasteiger partial charge in [0.2, 0.25) is 5.76 Å². The molecule has 1 aromatic heterocycles. The molecule has 1 saturated carbocycles. The van der Waals surface area contributed by atoms with Crippen molar-refractivity contribution in [3.05, 3.63) is 17.9 Å². The predicted octanol–water partition coefficient (Wildman–Crippen LogP) is 3.40. The highest BCUT2D eigenvalue weighted by Gasteiger charge is 2.17. The lowest BCUT2D eigenvalue weighted by atomic mass is 10.0. The topological polar surface area (TPSA) is 50.4 Å². The maximum absolute atomic E-state index is 10.6. The smallest absolute Gasteiger partial charge is 0.371 e. The number of furan rings is 1. The third-order valence-electron chi connectivity index (χ3n) is 2.63. The van der Waals surface area contributed by atoms with Gasteiger partial charge in [-0.1, -0.05) is 31.0 Å². The number of carboxylic acid groups (broad SMARTS) is 1. The van der Waals surface area contributed by atoms with E-state index in [2.05, 4.69) is 0 Å². The van der Waals surface area contributed by atoms with E-state index in [4.69, 9.17) is 9.52 Å². The molecule has 1 aliphatic rings. The van der Waals surface area contributed by atoms with Crippen LogP contribution in [0, 0.1) is 0 Å². The Morgan fingerprint density at radius 1 is 1.33 bits per heavy atom. The van der Waals surface area contributed by atoms with Crippen molar-refractivity contribution in [3.8, 4) is 0 Å². The first-order valence-corrected chi connectivity index (χ1v) is 6.13. The molecule has 15 heavy (non-hydrogen) atoms. The molecule has 1 fully saturated rings. The maximum atomic E-state index is 10.6. The first kappa shape index (κ1) is 10.6. The molecule has 4 heteroatoms. The number of aromatic carboxylic acids is 1. The van der Waals surface area contributed by atoms with Crippen LogP contribution >= 0.6 is 11.8 Å². The summed E-state index contributed by atoms with van der Waals surface area (Å²) >= 11 is 1.67. The molecule has 0 amide bonds. The summed E-state index contributed by atoms with van der Waals surface area (Å²) in [6, 6.07) is 3.27. The van der Waals surface area contributed by atoms with Gasteiger partial charge in [0.25, 0.3) is 0 Å². The van der Waals surface area contributed by atoms with Crippen molar-refractivity contribution in [2.75, 3.05) is 0 Å². The quantitative estimate of drug-likeness (QED) is 0.858. The number of carboxylic acids is 1. The van der Waals surface area contributed by atoms with Crippen molar-refractivity contribution in [2.45, 2.75) is 42.4 Å². The van der Waals surface area contributed by atoms with Gasteiger partial charge in [-0.25, -0.2) is 4.79 Å². The average molecular weight is 226 g/mol. The first-order valence-electron chi connectivity index (χ1n) is 5.25. The standard InChI is InChI=1S/C11H14O3S/c12-11(13)9-6-7-10(14-9)15-8-4-2-1-3-5-8/h6-8H,1-5H2,(H,12,13). The number of carbonyl (C=O) groups is 1. The molecule has 3 nitrogen and oxygen atoms in total. The van der Waals surface area contributed by atoms with Gasteiger partial charge in [0.15, 0.2) is 5.09 Å². The van der Waals surface area contributed by atoms with Crippen LogP contribution in [-0.4, -0.2) is 16.3 Å². The Hall–Kier alpha value is -0.900. The van der Waals surface area contributed by atoms with Gasteiger partial charge in [0.1, 0.15) is 0 Å². The van der Waals surface area contributed by atoms with Crippen LogP contribution in [0.4, 0.5) is 0 Å². The van der Waals surface area contributed by atoms with E-state index in [-0.39, 0.29) is 5.76 Å². The molecule has 1 N–H and O–H groups in total. The summed E-state index contributed by atoms with van der Waals surface area (Å²) in [6.07, 6.45) is 6.32. The number of hydrogen-bond acceptors (Lipinski definition) is 3. The van der Waals surface area contributed by atoms with E-state index in [9.17, 15) is 4.79 Å². The van der Waals surface area contributed by atoms with E-state index in [1.165, 1.54) is 38.2 Å². The fraction of sp³-hybridized carbons (Fsp3) is 0.545. The summed E-state index contributed by atoms with van der Waals surface area (Å²) in [5, 5.41) is 10.0. The normalized spacial score (nSPS) is 17.9. The molecule has 0 spiro atoms. The molecule has 0 unspecified atom stereocenters. The Morgan fingerprint density at radius 3 is 2.67 bits per heavy atom. The van der Waals surface area contributed by atoms with Crippen molar-refractivity contribution in [1.82, 2.24) is 0 Å².